The molecule has 3 N–H and O–H groups in total. The fourth-order valence-electron chi connectivity index (χ4n) is 9.81. The van der Waals surface area contributed by atoms with Crippen molar-refractivity contribution in [2.75, 3.05) is 31.8 Å². The Hall–Kier alpha value is -6.26. The van der Waals surface area contributed by atoms with E-state index in [0.717, 1.165) is 36.1 Å². The summed E-state index contributed by atoms with van der Waals surface area (Å²) in [6.45, 7) is 3.71. The number of fused-ring (bicyclic) bond motifs is 3. The number of imide groups is 1. The number of hydrogen-bond acceptors (Lipinski definition) is 10. The van der Waals surface area contributed by atoms with E-state index < -0.39 is 65.0 Å². The van der Waals surface area contributed by atoms with Crippen LogP contribution in [-0.4, -0.2) is 77.5 Å². The first-order valence-corrected chi connectivity index (χ1v) is 20.8. The number of morpholine rings is 1. The maximum atomic E-state index is 16.0. The van der Waals surface area contributed by atoms with E-state index in [2.05, 4.69) is 23.7 Å². The number of amides is 3. The predicted octanol–water partition coefficient (Wildman–Crippen LogP) is 6.58. The molecule has 4 aromatic rings. The van der Waals surface area contributed by atoms with Crippen LogP contribution in [-0.2, 0) is 34.0 Å². The van der Waals surface area contributed by atoms with Gasteiger partial charge in [0.15, 0.2) is 0 Å². The molecule has 0 aromatic heterocycles. The summed E-state index contributed by atoms with van der Waals surface area (Å²) in [6.07, 6.45) is 4.34. The lowest BCUT2D eigenvalue weighted by Crippen LogP contribution is -2.55. The summed E-state index contributed by atoms with van der Waals surface area (Å²) in [5, 5.41) is 25.1. The minimum atomic E-state index is -2.02. The van der Waals surface area contributed by atoms with Crippen LogP contribution < -0.4 is 10.2 Å². The van der Waals surface area contributed by atoms with Crippen molar-refractivity contribution in [3.63, 3.8) is 0 Å². The molecule has 3 heterocycles. The van der Waals surface area contributed by atoms with E-state index in [4.69, 9.17) is 14.2 Å². The van der Waals surface area contributed by atoms with Crippen LogP contribution in [0.2, 0.25) is 0 Å². The van der Waals surface area contributed by atoms with Crippen LogP contribution in [0.1, 0.15) is 84.5 Å². The summed E-state index contributed by atoms with van der Waals surface area (Å²) >= 11 is 0. The molecule has 1 saturated carbocycles. The van der Waals surface area contributed by atoms with E-state index in [9.17, 15) is 15.0 Å². The lowest BCUT2D eigenvalue weighted by molar-refractivity contribution is -0.178. The second-order valence-electron chi connectivity index (χ2n) is 16.1. The number of esters is 1. The Bertz CT molecular complexity index is 2350. The third kappa shape index (κ3) is 7.47. The van der Waals surface area contributed by atoms with Gasteiger partial charge in [0.1, 0.15) is 35.5 Å². The lowest BCUT2D eigenvalue weighted by atomic mass is 9.65. The molecule has 4 aromatic carbocycles. The normalized spacial score (nSPS) is 25.3. The zero-order valence-electron chi connectivity index (χ0n) is 34.0. The molecule has 0 unspecified atom stereocenters. The monoisotopic (exact) mass is 823 g/mol. The summed E-state index contributed by atoms with van der Waals surface area (Å²) in [5.74, 6) is 2.60. The number of aliphatic hydroxyl groups is 1. The quantitative estimate of drug-likeness (QED) is 0.0555. The number of rotatable bonds is 9. The Morgan fingerprint density at radius 2 is 1.56 bits per heavy atom. The predicted molar refractivity (Wildman–Crippen MR) is 226 cm³/mol. The summed E-state index contributed by atoms with van der Waals surface area (Å²) < 4.78 is 17.2. The van der Waals surface area contributed by atoms with Crippen molar-refractivity contribution in [3.8, 4) is 17.6 Å². The number of anilines is 1. The van der Waals surface area contributed by atoms with Gasteiger partial charge >= 0.3 is 12.1 Å². The van der Waals surface area contributed by atoms with Gasteiger partial charge in [-0.1, -0.05) is 104 Å². The third-order valence-corrected chi connectivity index (χ3v) is 12.4. The second kappa shape index (κ2) is 17.4. The van der Waals surface area contributed by atoms with E-state index in [-0.39, 0.29) is 36.8 Å². The molecular weight excluding hydrogens is 775 g/mol. The van der Waals surface area contributed by atoms with Crippen molar-refractivity contribution >= 4 is 29.6 Å². The van der Waals surface area contributed by atoms with E-state index in [1.165, 1.54) is 25.3 Å². The van der Waals surface area contributed by atoms with Crippen LogP contribution in [0.3, 0.4) is 0 Å². The number of ether oxygens (including phenoxy) is 3. The Kier molecular flexibility index (Phi) is 11.8. The Morgan fingerprint density at radius 3 is 2.21 bits per heavy atom. The summed E-state index contributed by atoms with van der Waals surface area (Å²) in [5.41, 5.74) is -0.450. The minimum Gasteiger partial charge on any atom is -0.508 e. The van der Waals surface area contributed by atoms with Gasteiger partial charge in [-0.15, -0.1) is 6.58 Å². The van der Waals surface area contributed by atoms with Crippen LogP contribution in [0.15, 0.2) is 116 Å². The van der Waals surface area contributed by atoms with Gasteiger partial charge in [-0.25, -0.2) is 9.69 Å². The number of phenols is 1. The molecule has 3 amide bonds. The molecule has 1 spiro atoms. The number of phenolic OH excluding ortho intramolecular Hbond substituents is 1. The van der Waals surface area contributed by atoms with Gasteiger partial charge in [0.05, 0.1) is 30.3 Å². The Labute approximate surface area is 355 Å². The molecule has 4 aliphatic rings. The Morgan fingerprint density at radius 1 is 0.885 bits per heavy atom. The standard InChI is InChI=1S/C49H49N3O9/c1-3-28-50-44(54)39-41-45(55)61-42(34-16-10-7-11-17-34)40(33-14-8-6-9-15-33)52(41)43(35-19-21-36(53)22-20-35)49(39)37-31-32(24-27-48(58)25-12-4-5-13-26-48)18-23-38(37)51(46(49)56)47(57)60-30-29-59-2/h3,6-11,14-23,31,39-43,53,58H,1,4-5,12-13,25-26,28-30H2,2H3,(H,50,54)/t39-,40-,41-,42+,43+,49-/m0/s1. The number of carbonyl (C=O) groups excluding carboxylic acids is 4. The van der Waals surface area contributed by atoms with E-state index >= 15 is 14.4 Å². The number of carbonyl (C=O) groups is 4. The maximum absolute atomic E-state index is 16.0. The third-order valence-electron chi connectivity index (χ3n) is 12.4. The van der Waals surface area contributed by atoms with E-state index in [0.29, 0.717) is 29.5 Å². The highest BCUT2D eigenvalue weighted by atomic mass is 16.6. The number of aromatic hydroxyl groups is 1. The molecular formula is C49H49N3O9. The van der Waals surface area contributed by atoms with Gasteiger partial charge in [0, 0.05) is 19.2 Å². The highest BCUT2D eigenvalue weighted by Crippen LogP contribution is 2.66. The van der Waals surface area contributed by atoms with Crippen molar-refractivity contribution in [1.82, 2.24) is 10.2 Å². The molecule has 3 aliphatic heterocycles. The summed E-state index contributed by atoms with van der Waals surface area (Å²) in [4.78, 5) is 63.3. The molecule has 12 nitrogen and oxygen atoms in total. The van der Waals surface area contributed by atoms with Crippen molar-refractivity contribution in [1.29, 1.82) is 0 Å². The molecule has 8 rings (SSSR count). The number of hydrogen-bond donors (Lipinski definition) is 3. The van der Waals surface area contributed by atoms with Crippen LogP contribution in [0, 0.1) is 17.8 Å². The van der Waals surface area contributed by atoms with Crippen molar-refractivity contribution in [2.45, 2.75) is 73.8 Å². The topological polar surface area (TPSA) is 155 Å². The van der Waals surface area contributed by atoms with Crippen molar-refractivity contribution in [2.24, 2.45) is 5.92 Å². The number of nitrogens with zero attached hydrogens (tertiary/aromatic N) is 2. The van der Waals surface area contributed by atoms with Gasteiger partial charge < -0.3 is 29.7 Å². The molecule has 61 heavy (non-hydrogen) atoms. The second-order valence-corrected chi connectivity index (χ2v) is 16.1. The van der Waals surface area contributed by atoms with Crippen LogP contribution >= 0.6 is 0 Å². The van der Waals surface area contributed by atoms with Gasteiger partial charge in [-0.2, -0.15) is 0 Å². The average Bonchev–Trinajstić information content (AvgIpc) is 3.61. The summed E-state index contributed by atoms with van der Waals surface area (Å²) in [7, 11) is 1.46. The maximum Gasteiger partial charge on any atom is 0.421 e. The first-order valence-electron chi connectivity index (χ1n) is 20.8. The van der Waals surface area contributed by atoms with Gasteiger partial charge in [-0.3, -0.25) is 19.3 Å². The molecule has 1 aliphatic carbocycles. The SMILES string of the molecule is C=CCNC(=O)[C@@H]1[C@H]2C(=O)O[C@H](c3ccccc3)[C@H](c3ccccc3)N2[C@H](c2ccc(O)cc2)[C@@]12C(=O)N(C(=O)OCCOC)c1ccc(C#CC3(O)CCCCCC3)cc12. The fraction of sp³-hybridized carbons (Fsp3) is 0.347. The highest BCUT2D eigenvalue weighted by Gasteiger charge is 2.75. The molecule has 3 fully saturated rings. The first kappa shape index (κ1) is 41.5. The average molecular weight is 824 g/mol. The Balaban J connectivity index is 1.43. The number of methoxy groups -OCH3 is 1. The van der Waals surface area contributed by atoms with Crippen molar-refractivity contribution in [3.05, 3.63) is 144 Å². The number of benzene rings is 4. The smallest absolute Gasteiger partial charge is 0.421 e. The van der Waals surface area contributed by atoms with Crippen LogP contribution in [0.4, 0.5) is 10.5 Å². The molecule has 12 heteroatoms. The molecule has 314 valence electrons. The fourth-order valence-corrected chi connectivity index (χ4v) is 9.81. The van der Waals surface area contributed by atoms with Crippen LogP contribution in [0.25, 0.3) is 0 Å². The first-order chi connectivity index (χ1) is 29.6. The van der Waals surface area contributed by atoms with Gasteiger partial charge in [-0.05, 0) is 78.3 Å². The molecule has 2 saturated heterocycles. The van der Waals surface area contributed by atoms with Gasteiger partial charge in [0.2, 0.25) is 11.8 Å². The largest absolute Gasteiger partial charge is 0.508 e. The summed E-state index contributed by atoms with van der Waals surface area (Å²) in [6, 6.07) is 26.7. The van der Waals surface area contributed by atoms with E-state index in [1.54, 1.807) is 30.3 Å². The lowest BCUT2D eigenvalue weighted by Gasteiger charge is -2.46. The highest BCUT2D eigenvalue weighted by molar-refractivity contribution is 6.23. The van der Waals surface area contributed by atoms with Crippen LogP contribution in [0.5, 0.6) is 5.75 Å². The number of nitrogens with one attached hydrogen (secondary N) is 1. The molecule has 6 atom stereocenters. The zero-order valence-corrected chi connectivity index (χ0v) is 34.0. The molecule has 0 radical (unpaired) electrons. The number of cyclic esters (lactones) is 1. The molecule has 0 bridgehead atoms. The van der Waals surface area contributed by atoms with Crippen molar-refractivity contribution < 1.29 is 43.6 Å². The van der Waals surface area contributed by atoms with E-state index in [1.807, 2.05) is 65.6 Å². The zero-order chi connectivity index (χ0) is 42.7. The van der Waals surface area contributed by atoms with Gasteiger partial charge in [0.25, 0.3) is 0 Å². The minimum absolute atomic E-state index is 0.0136.